The second-order valence-corrected chi connectivity index (χ2v) is 6.14. The molecule has 2 aromatic heterocycles. The average molecular weight is 317 g/mol. The van der Waals surface area contributed by atoms with Gasteiger partial charge in [-0.05, 0) is 6.54 Å². The Labute approximate surface area is 135 Å². The first kappa shape index (κ1) is 15.7. The van der Waals surface area contributed by atoms with Gasteiger partial charge in [0.15, 0.2) is 5.69 Å². The van der Waals surface area contributed by atoms with Crippen LogP contribution in [-0.2, 0) is 0 Å². The van der Waals surface area contributed by atoms with E-state index < -0.39 is 0 Å². The molecule has 0 aromatic carbocycles. The Kier molecular flexibility index (Phi) is 4.47. The monoisotopic (exact) mass is 317 g/mol. The van der Waals surface area contributed by atoms with E-state index in [2.05, 4.69) is 26.9 Å². The van der Waals surface area contributed by atoms with Gasteiger partial charge in [0.25, 0.3) is 5.91 Å². The van der Waals surface area contributed by atoms with Crippen molar-refractivity contribution in [2.24, 2.45) is 0 Å². The van der Waals surface area contributed by atoms with Crippen LogP contribution in [-0.4, -0.2) is 57.0 Å². The maximum absolute atomic E-state index is 12.7. The predicted molar refractivity (Wildman–Crippen MR) is 85.1 cm³/mol. The summed E-state index contributed by atoms with van der Waals surface area (Å²) in [6, 6.07) is 1.84. The first-order valence-corrected chi connectivity index (χ1v) is 8.09. The first-order chi connectivity index (χ1) is 11.1. The Balaban J connectivity index is 1.76. The zero-order chi connectivity index (χ0) is 16.4. The Morgan fingerprint density at radius 3 is 2.91 bits per heavy atom. The van der Waals surface area contributed by atoms with Crippen molar-refractivity contribution in [1.29, 1.82) is 0 Å². The topological polar surface area (TPSA) is 78.3 Å². The number of rotatable bonds is 4. The minimum atomic E-state index is -0.0760. The zero-order valence-electron chi connectivity index (χ0n) is 13.8. The fourth-order valence-corrected chi connectivity index (χ4v) is 2.93. The summed E-state index contributed by atoms with van der Waals surface area (Å²) >= 11 is 0. The Hall–Kier alpha value is -2.15. The van der Waals surface area contributed by atoms with Crippen LogP contribution in [0.2, 0.25) is 0 Å². The maximum Gasteiger partial charge on any atom is 0.276 e. The van der Waals surface area contributed by atoms with Gasteiger partial charge in [-0.1, -0.05) is 25.9 Å². The van der Waals surface area contributed by atoms with Crippen LogP contribution in [0.25, 0.3) is 0 Å². The Morgan fingerprint density at radius 1 is 1.48 bits per heavy atom. The number of piperazine rings is 1. The van der Waals surface area contributed by atoms with E-state index in [-0.39, 0.29) is 17.9 Å². The summed E-state index contributed by atoms with van der Waals surface area (Å²) in [5.74, 6) is 1.78. The molecule has 7 nitrogen and oxygen atoms in total. The number of hydrogen-bond acceptors (Lipinski definition) is 5. The summed E-state index contributed by atoms with van der Waals surface area (Å²) < 4.78 is 5.25. The first-order valence-electron chi connectivity index (χ1n) is 8.09. The number of imidazole rings is 1. The predicted octanol–water partition coefficient (Wildman–Crippen LogP) is 2.04. The fraction of sp³-hybridized carbons (Fsp3) is 0.562. The summed E-state index contributed by atoms with van der Waals surface area (Å²) in [5.41, 5.74) is 0.386. The molecular weight excluding hydrogens is 294 g/mol. The molecular formula is C16H23N5O2. The van der Waals surface area contributed by atoms with Crippen molar-refractivity contribution in [1.82, 2.24) is 24.9 Å². The lowest BCUT2D eigenvalue weighted by Crippen LogP contribution is -2.50. The molecule has 0 unspecified atom stereocenters. The second-order valence-electron chi connectivity index (χ2n) is 6.14. The molecule has 1 saturated heterocycles. The molecule has 0 spiro atoms. The highest BCUT2D eigenvalue weighted by Gasteiger charge is 2.32. The summed E-state index contributed by atoms with van der Waals surface area (Å²) in [6.45, 7) is 9.19. The number of amides is 1. The van der Waals surface area contributed by atoms with Gasteiger partial charge in [0.2, 0.25) is 0 Å². The van der Waals surface area contributed by atoms with Gasteiger partial charge in [0, 0.05) is 44.0 Å². The molecule has 1 aliphatic heterocycles. The highest BCUT2D eigenvalue weighted by molar-refractivity contribution is 5.92. The molecule has 0 bridgehead atoms. The largest absolute Gasteiger partial charge is 0.360 e. The second kappa shape index (κ2) is 6.54. The van der Waals surface area contributed by atoms with Crippen molar-refractivity contribution < 1.29 is 9.32 Å². The maximum atomic E-state index is 12.7. The van der Waals surface area contributed by atoms with Crippen molar-refractivity contribution in [3.05, 3.63) is 35.7 Å². The van der Waals surface area contributed by atoms with E-state index >= 15 is 0 Å². The molecule has 124 valence electrons. The van der Waals surface area contributed by atoms with Gasteiger partial charge in [-0.3, -0.25) is 9.69 Å². The number of carbonyl (C=O) groups excluding carboxylic acids is 1. The van der Waals surface area contributed by atoms with E-state index in [1.165, 1.54) is 0 Å². The lowest BCUT2D eigenvalue weighted by molar-refractivity contribution is 0.0471. The molecule has 2 aromatic rings. The smallest absolute Gasteiger partial charge is 0.276 e. The third kappa shape index (κ3) is 3.14. The normalized spacial score (nSPS) is 19.5. The van der Waals surface area contributed by atoms with E-state index in [9.17, 15) is 4.79 Å². The van der Waals surface area contributed by atoms with Crippen LogP contribution in [0.4, 0.5) is 0 Å². The van der Waals surface area contributed by atoms with Crippen molar-refractivity contribution in [3.63, 3.8) is 0 Å². The number of H-pyrrole nitrogens is 1. The number of likely N-dealkylation sites (N-methyl/N-ethyl adjacent to an activating group) is 1. The SMILES string of the molecule is CCN1CCN(C(=O)c2cc(C(C)C)on2)C[C@@H]1c1ncc[nH]1. The van der Waals surface area contributed by atoms with E-state index in [0.717, 1.165) is 24.7 Å². The van der Waals surface area contributed by atoms with E-state index in [4.69, 9.17) is 4.52 Å². The molecule has 3 heterocycles. The van der Waals surface area contributed by atoms with Gasteiger partial charge < -0.3 is 14.4 Å². The van der Waals surface area contributed by atoms with Crippen molar-refractivity contribution in [3.8, 4) is 0 Å². The highest BCUT2D eigenvalue weighted by Crippen LogP contribution is 2.24. The average Bonchev–Trinajstić information content (AvgIpc) is 3.24. The number of carbonyl (C=O) groups is 1. The third-order valence-electron chi connectivity index (χ3n) is 4.34. The van der Waals surface area contributed by atoms with Crippen LogP contribution in [0.15, 0.2) is 23.0 Å². The molecule has 1 atom stereocenters. The molecule has 7 heteroatoms. The number of nitrogens with one attached hydrogen (secondary N) is 1. The van der Waals surface area contributed by atoms with Crippen molar-refractivity contribution in [2.45, 2.75) is 32.7 Å². The molecule has 3 rings (SSSR count). The van der Waals surface area contributed by atoms with Gasteiger partial charge in [-0.25, -0.2) is 4.98 Å². The number of aromatic nitrogens is 3. The van der Waals surface area contributed by atoms with E-state index in [1.54, 1.807) is 12.3 Å². The molecule has 0 saturated carbocycles. The molecule has 1 amide bonds. The van der Waals surface area contributed by atoms with Crippen LogP contribution in [0.3, 0.4) is 0 Å². The zero-order valence-corrected chi connectivity index (χ0v) is 13.8. The molecule has 0 aliphatic carbocycles. The lowest BCUT2D eigenvalue weighted by atomic mass is 10.1. The Morgan fingerprint density at radius 2 is 2.30 bits per heavy atom. The molecule has 1 aliphatic rings. The van der Waals surface area contributed by atoms with E-state index in [1.807, 2.05) is 24.9 Å². The van der Waals surface area contributed by atoms with Crippen molar-refractivity contribution >= 4 is 5.91 Å². The number of hydrogen-bond donors (Lipinski definition) is 1. The van der Waals surface area contributed by atoms with Gasteiger partial charge in [0.1, 0.15) is 11.6 Å². The Bertz CT molecular complexity index is 649. The summed E-state index contributed by atoms with van der Waals surface area (Å²) in [4.78, 5) is 24.4. The van der Waals surface area contributed by atoms with Crippen LogP contribution in [0.5, 0.6) is 0 Å². The minimum Gasteiger partial charge on any atom is -0.360 e. The van der Waals surface area contributed by atoms with Gasteiger partial charge in [-0.15, -0.1) is 0 Å². The molecule has 0 radical (unpaired) electrons. The van der Waals surface area contributed by atoms with Crippen LogP contribution in [0.1, 0.15) is 54.8 Å². The molecule has 1 fully saturated rings. The van der Waals surface area contributed by atoms with E-state index in [0.29, 0.717) is 18.8 Å². The van der Waals surface area contributed by atoms with Gasteiger partial charge in [0.05, 0.1) is 6.04 Å². The number of aromatic amines is 1. The van der Waals surface area contributed by atoms with Gasteiger partial charge in [-0.2, -0.15) is 0 Å². The minimum absolute atomic E-state index is 0.0760. The summed E-state index contributed by atoms with van der Waals surface area (Å²) in [5, 5.41) is 3.94. The number of nitrogens with zero attached hydrogens (tertiary/aromatic N) is 4. The molecule has 1 N–H and O–H groups in total. The molecule has 23 heavy (non-hydrogen) atoms. The quantitative estimate of drug-likeness (QED) is 0.933. The van der Waals surface area contributed by atoms with Crippen LogP contribution in [0, 0.1) is 0 Å². The van der Waals surface area contributed by atoms with Crippen molar-refractivity contribution in [2.75, 3.05) is 26.2 Å². The fourth-order valence-electron chi connectivity index (χ4n) is 2.93. The summed E-state index contributed by atoms with van der Waals surface area (Å²) in [6.07, 6.45) is 3.56. The standard InChI is InChI=1S/C16H23N5O2/c1-4-20-7-8-21(10-13(20)15-17-5-6-18-15)16(22)12-9-14(11(2)3)23-19-12/h5-6,9,11,13H,4,7-8,10H2,1-3H3,(H,17,18)/t13-/m1/s1. The lowest BCUT2D eigenvalue weighted by Gasteiger charge is -2.39. The third-order valence-corrected chi connectivity index (χ3v) is 4.34. The van der Waals surface area contributed by atoms with Crippen LogP contribution >= 0.6 is 0 Å². The van der Waals surface area contributed by atoms with Gasteiger partial charge >= 0.3 is 0 Å². The van der Waals surface area contributed by atoms with Crippen LogP contribution < -0.4 is 0 Å². The highest BCUT2D eigenvalue weighted by atomic mass is 16.5. The summed E-state index contributed by atoms with van der Waals surface area (Å²) in [7, 11) is 0.